The van der Waals surface area contributed by atoms with Crippen LogP contribution in [-0.2, 0) is 25.2 Å². The van der Waals surface area contributed by atoms with Gasteiger partial charge in [-0.1, -0.05) is 0 Å². The van der Waals surface area contributed by atoms with E-state index in [1.807, 2.05) is 24.4 Å². The number of morpholine rings is 1. The van der Waals surface area contributed by atoms with Crippen molar-refractivity contribution in [2.24, 2.45) is 0 Å². The van der Waals surface area contributed by atoms with Crippen molar-refractivity contribution in [3.8, 4) is 5.88 Å². The number of ether oxygens (including phenoxy) is 2. The van der Waals surface area contributed by atoms with Gasteiger partial charge < -0.3 is 29.6 Å². The summed E-state index contributed by atoms with van der Waals surface area (Å²) in [5.74, 6) is 2.84. The molecule has 8 nitrogen and oxygen atoms in total. The molecule has 0 spiro atoms. The molecule has 0 amide bonds. The molecule has 0 unspecified atom stereocenters. The molecule has 156 valence electrons. The number of hydrogen-bond acceptors (Lipinski definition) is 7. The molecule has 1 saturated heterocycles. The summed E-state index contributed by atoms with van der Waals surface area (Å²) in [6, 6.07) is 6.01. The van der Waals surface area contributed by atoms with Gasteiger partial charge in [0, 0.05) is 45.8 Å². The zero-order valence-electron chi connectivity index (χ0n) is 16.0. The van der Waals surface area contributed by atoms with Crippen LogP contribution in [0, 0.1) is 0 Å². The molecule has 1 aliphatic heterocycles. The minimum atomic E-state index is 0. The minimum Gasteiger partial charge on any atom is -0.474 e. The summed E-state index contributed by atoms with van der Waals surface area (Å²) >= 11 is 0. The van der Waals surface area contributed by atoms with Crippen molar-refractivity contribution >= 4 is 16.7 Å². The second-order valence-electron chi connectivity index (χ2n) is 7.36. The molecule has 0 aromatic carbocycles. The Balaban J connectivity index is 0.00000205. The van der Waals surface area contributed by atoms with Gasteiger partial charge >= 0.3 is 0 Å². The van der Waals surface area contributed by atoms with Crippen molar-refractivity contribution in [2.45, 2.75) is 37.7 Å². The number of rotatable bonds is 4. The quantitative estimate of drug-likeness (QED) is 0.520. The number of hydrogen-bond donors (Lipinski definition) is 0. The molecule has 0 bridgehead atoms. The van der Waals surface area contributed by atoms with Gasteiger partial charge in [0.25, 0.3) is 0 Å². The van der Waals surface area contributed by atoms with Gasteiger partial charge in [0.1, 0.15) is 11.9 Å². The van der Waals surface area contributed by atoms with E-state index in [9.17, 15) is 0 Å². The van der Waals surface area contributed by atoms with Crippen LogP contribution in [0.15, 0.2) is 30.7 Å². The largest absolute Gasteiger partial charge is 0.474 e. The second kappa shape index (κ2) is 9.16. The van der Waals surface area contributed by atoms with Crippen LogP contribution in [0.5, 0.6) is 5.88 Å². The fourth-order valence-corrected chi connectivity index (χ4v) is 4.06. The molecular weight excluding hydrogens is 463 g/mol. The van der Waals surface area contributed by atoms with Crippen molar-refractivity contribution in [3.63, 3.8) is 0 Å². The van der Waals surface area contributed by atoms with E-state index in [1.165, 1.54) is 6.33 Å². The Bertz CT molecular complexity index is 924. The van der Waals surface area contributed by atoms with Crippen LogP contribution in [-0.4, -0.2) is 52.6 Å². The monoisotopic (exact) mass is 485 g/mol. The van der Waals surface area contributed by atoms with E-state index >= 15 is 0 Å². The molecule has 0 radical (unpaired) electrons. The Morgan fingerprint density at radius 1 is 1.14 bits per heavy atom. The third kappa shape index (κ3) is 4.42. The van der Waals surface area contributed by atoms with E-state index < -0.39 is 0 Å². The molecular formula is C20H23N6O2Pd-. The normalized spacial score (nSPS) is 22.3. The van der Waals surface area contributed by atoms with E-state index in [4.69, 9.17) is 14.5 Å². The van der Waals surface area contributed by atoms with Crippen LogP contribution in [0.3, 0.4) is 0 Å². The predicted octanol–water partition coefficient (Wildman–Crippen LogP) is 2.32. The number of nitrogens with zero attached hydrogens (tertiary/aromatic N) is 6. The predicted molar refractivity (Wildman–Crippen MR) is 104 cm³/mol. The molecule has 2 aliphatic rings. The van der Waals surface area contributed by atoms with E-state index in [1.54, 1.807) is 0 Å². The van der Waals surface area contributed by atoms with Gasteiger partial charge in [-0.25, -0.2) is 0 Å². The average Bonchev–Trinajstić information content (AvgIpc) is 3.30. The van der Waals surface area contributed by atoms with E-state index in [-0.39, 0.29) is 26.5 Å². The molecule has 3 aromatic heterocycles. The summed E-state index contributed by atoms with van der Waals surface area (Å²) in [5, 5.41) is 8.93. The van der Waals surface area contributed by atoms with Crippen LogP contribution >= 0.6 is 0 Å². The molecule has 9 heteroatoms. The van der Waals surface area contributed by atoms with Crippen molar-refractivity contribution in [3.05, 3.63) is 36.5 Å². The summed E-state index contributed by atoms with van der Waals surface area (Å²) in [5.41, 5.74) is 0.916. The van der Waals surface area contributed by atoms with Gasteiger partial charge in [-0.2, -0.15) is 4.98 Å². The van der Waals surface area contributed by atoms with Gasteiger partial charge in [0.2, 0.25) is 5.88 Å². The zero-order chi connectivity index (χ0) is 18.8. The SMILES string of the molecule is [Pd].c1cnc2cc(N3CCOCC3)nc(OC3CCC(c4nnc[n-]4)CC3)c2c1. The smallest absolute Gasteiger partial charge is 0.225 e. The Morgan fingerprint density at radius 3 is 2.72 bits per heavy atom. The summed E-state index contributed by atoms with van der Waals surface area (Å²) in [4.78, 5) is 15.9. The molecule has 5 rings (SSSR count). The zero-order valence-corrected chi connectivity index (χ0v) is 17.6. The average molecular weight is 486 g/mol. The molecule has 3 aromatic rings. The molecule has 1 saturated carbocycles. The Labute approximate surface area is 183 Å². The van der Waals surface area contributed by atoms with E-state index in [0.717, 1.165) is 74.5 Å². The van der Waals surface area contributed by atoms with Crippen LogP contribution in [0.2, 0.25) is 0 Å². The van der Waals surface area contributed by atoms with Gasteiger partial charge in [-0.3, -0.25) is 4.98 Å². The van der Waals surface area contributed by atoms with Gasteiger partial charge in [0.05, 0.1) is 24.1 Å². The minimum absolute atomic E-state index is 0. The summed E-state index contributed by atoms with van der Waals surface area (Å²) in [6.45, 7) is 3.12. The van der Waals surface area contributed by atoms with Crippen molar-refractivity contribution in [1.82, 2.24) is 25.1 Å². The van der Waals surface area contributed by atoms with Gasteiger partial charge in [-0.15, -0.1) is 0 Å². The first-order valence-corrected chi connectivity index (χ1v) is 9.92. The van der Waals surface area contributed by atoms with Crippen molar-refractivity contribution in [2.75, 3.05) is 31.2 Å². The Hall–Kier alpha value is -2.08. The molecule has 0 N–H and O–H groups in total. The maximum Gasteiger partial charge on any atom is 0.225 e. The van der Waals surface area contributed by atoms with Crippen LogP contribution in [0.25, 0.3) is 10.9 Å². The number of pyridine rings is 2. The maximum absolute atomic E-state index is 6.40. The molecule has 1 aliphatic carbocycles. The van der Waals surface area contributed by atoms with Gasteiger partial charge in [0.15, 0.2) is 0 Å². The van der Waals surface area contributed by atoms with E-state index in [0.29, 0.717) is 11.8 Å². The van der Waals surface area contributed by atoms with Crippen molar-refractivity contribution < 1.29 is 29.9 Å². The molecule has 29 heavy (non-hydrogen) atoms. The summed E-state index contributed by atoms with van der Waals surface area (Å²) in [7, 11) is 0. The third-order valence-corrected chi connectivity index (χ3v) is 5.61. The van der Waals surface area contributed by atoms with Crippen LogP contribution < -0.4 is 14.6 Å². The second-order valence-corrected chi connectivity index (χ2v) is 7.36. The maximum atomic E-state index is 6.40. The first-order chi connectivity index (χ1) is 13.9. The first-order valence-electron chi connectivity index (χ1n) is 9.92. The van der Waals surface area contributed by atoms with Crippen LogP contribution in [0.4, 0.5) is 5.82 Å². The Kier molecular flexibility index (Phi) is 6.38. The summed E-state index contributed by atoms with van der Waals surface area (Å²) in [6.07, 6.45) is 7.43. The number of fused-ring (bicyclic) bond motifs is 1. The van der Waals surface area contributed by atoms with Crippen molar-refractivity contribution in [1.29, 1.82) is 0 Å². The fourth-order valence-electron chi connectivity index (χ4n) is 4.06. The van der Waals surface area contributed by atoms with Gasteiger partial charge in [-0.05, 0) is 55.9 Å². The Morgan fingerprint density at radius 2 is 1.97 bits per heavy atom. The molecule has 4 heterocycles. The first kappa shape index (κ1) is 20.2. The topological polar surface area (TPSA) is 87.4 Å². The van der Waals surface area contributed by atoms with E-state index in [2.05, 4.69) is 25.1 Å². The fraction of sp³-hybridized carbons (Fsp3) is 0.500. The molecule has 2 fully saturated rings. The summed E-state index contributed by atoms with van der Waals surface area (Å²) < 4.78 is 11.9. The molecule has 0 atom stereocenters. The number of anilines is 1. The number of aromatic nitrogens is 5. The third-order valence-electron chi connectivity index (χ3n) is 5.61. The standard InChI is InChI=1S/C20H23N6O2.Pd/c1-2-16-17(21-7-1)12-18(26-8-10-27-11-9-26)24-20(16)28-15-5-3-14(4-6-15)19-22-13-23-25-19;/h1-2,7,12-15H,3-6,8-11H2;/q-1;. The van der Waals surface area contributed by atoms with Crippen LogP contribution in [0.1, 0.15) is 37.4 Å².